The van der Waals surface area contributed by atoms with Crippen molar-refractivity contribution in [2.45, 2.75) is 65.0 Å². The predicted octanol–water partition coefficient (Wildman–Crippen LogP) is 2.20. The molecule has 22 heavy (non-hydrogen) atoms. The molecule has 2 amide bonds. The summed E-state index contributed by atoms with van der Waals surface area (Å²) in [5.74, 6) is 0.193. The largest absolute Gasteiger partial charge is 0.396 e. The van der Waals surface area contributed by atoms with Gasteiger partial charge in [0.1, 0.15) is 0 Å². The summed E-state index contributed by atoms with van der Waals surface area (Å²) in [5.41, 5.74) is 0.000668. The van der Waals surface area contributed by atoms with E-state index in [1.165, 1.54) is 6.42 Å². The summed E-state index contributed by atoms with van der Waals surface area (Å²) >= 11 is 0. The van der Waals surface area contributed by atoms with Gasteiger partial charge in [0.2, 0.25) is 0 Å². The molecule has 0 saturated heterocycles. The van der Waals surface area contributed by atoms with Gasteiger partial charge in [-0.05, 0) is 39.3 Å². The zero-order chi connectivity index (χ0) is 16.8. The van der Waals surface area contributed by atoms with Crippen molar-refractivity contribution in [3.05, 3.63) is 0 Å². The molecule has 130 valence electrons. The van der Waals surface area contributed by atoms with Gasteiger partial charge >= 0.3 is 6.03 Å². The van der Waals surface area contributed by atoms with Gasteiger partial charge in [-0.2, -0.15) is 0 Å². The molecule has 5 heteroatoms. The van der Waals surface area contributed by atoms with Crippen LogP contribution < -0.4 is 10.6 Å². The van der Waals surface area contributed by atoms with Crippen molar-refractivity contribution in [1.29, 1.82) is 0 Å². The fourth-order valence-corrected chi connectivity index (χ4v) is 3.35. The van der Waals surface area contributed by atoms with Crippen molar-refractivity contribution in [3.63, 3.8) is 0 Å². The van der Waals surface area contributed by atoms with Crippen LogP contribution in [0.15, 0.2) is 0 Å². The molecule has 3 atom stereocenters. The van der Waals surface area contributed by atoms with Gasteiger partial charge < -0.3 is 20.6 Å². The van der Waals surface area contributed by atoms with Crippen molar-refractivity contribution in [2.75, 3.05) is 27.2 Å². The van der Waals surface area contributed by atoms with E-state index in [0.29, 0.717) is 0 Å². The van der Waals surface area contributed by atoms with E-state index in [1.807, 2.05) is 14.1 Å². The minimum absolute atomic E-state index is 0.000668. The lowest BCUT2D eigenvalue weighted by Gasteiger charge is -2.35. The Morgan fingerprint density at radius 1 is 1.27 bits per heavy atom. The van der Waals surface area contributed by atoms with Crippen molar-refractivity contribution in [1.82, 2.24) is 15.5 Å². The van der Waals surface area contributed by atoms with Gasteiger partial charge in [0.25, 0.3) is 0 Å². The predicted molar refractivity (Wildman–Crippen MR) is 90.9 cm³/mol. The zero-order valence-corrected chi connectivity index (χ0v) is 15.0. The third-order valence-corrected chi connectivity index (χ3v) is 4.95. The molecule has 5 nitrogen and oxygen atoms in total. The fourth-order valence-electron chi connectivity index (χ4n) is 3.35. The summed E-state index contributed by atoms with van der Waals surface area (Å²) in [7, 11) is 4.10. The molecule has 0 radical (unpaired) electrons. The Morgan fingerprint density at radius 3 is 2.50 bits per heavy atom. The average Bonchev–Trinajstić information content (AvgIpc) is 2.62. The molecule has 1 aliphatic carbocycles. The summed E-state index contributed by atoms with van der Waals surface area (Å²) in [6.45, 7) is 7.46. The van der Waals surface area contributed by atoms with Gasteiger partial charge in [0, 0.05) is 31.2 Å². The van der Waals surface area contributed by atoms with E-state index >= 15 is 0 Å². The average molecular weight is 313 g/mol. The number of hydrogen-bond acceptors (Lipinski definition) is 3. The molecule has 0 aromatic carbocycles. The highest BCUT2D eigenvalue weighted by atomic mass is 16.3. The number of amides is 2. The number of nitrogens with one attached hydrogen (secondary N) is 2. The van der Waals surface area contributed by atoms with Crippen molar-refractivity contribution < 1.29 is 9.90 Å². The van der Waals surface area contributed by atoms with E-state index in [9.17, 15) is 9.90 Å². The molecule has 1 saturated carbocycles. The molecule has 0 heterocycles. The molecule has 0 aromatic rings. The second kappa shape index (κ2) is 8.73. The lowest BCUT2D eigenvalue weighted by molar-refractivity contribution is 0.165. The van der Waals surface area contributed by atoms with Crippen LogP contribution in [0.3, 0.4) is 0 Å². The Morgan fingerprint density at radius 2 is 1.91 bits per heavy atom. The van der Waals surface area contributed by atoms with Crippen LogP contribution in [0.5, 0.6) is 0 Å². The number of urea groups is 1. The minimum atomic E-state index is -0.107. The smallest absolute Gasteiger partial charge is 0.315 e. The lowest BCUT2D eigenvalue weighted by atomic mass is 9.85. The van der Waals surface area contributed by atoms with Gasteiger partial charge in [0.15, 0.2) is 0 Å². The molecule has 1 aliphatic rings. The van der Waals surface area contributed by atoms with E-state index in [4.69, 9.17) is 0 Å². The second-order valence-corrected chi connectivity index (χ2v) is 7.75. The maximum absolute atomic E-state index is 12.3. The number of rotatable bonds is 6. The second-order valence-electron chi connectivity index (χ2n) is 7.75. The summed E-state index contributed by atoms with van der Waals surface area (Å²) in [4.78, 5) is 14.5. The van der Waals surface area contributed by atoms with E-state index < -0.39 is 0 Å². The first kappa shape index (κ1) is 19.2. The molecule has 3 unspecified atom stereocenters. The van der Waals surface area contributed by atoms with Crippen LogP contribution in [0.1, 0.15) is 52.9 Å². The van der Waals surface area contributed by atoms with Crippen molar-refractivity contribution in [2.24, 2.45) is 11.3 Å². The molecule has 0 aromatic heterocycles. The molecular formula is C17H35N3O2. The Labute approximate surface area is 135 Å². The Balaban J connectivity index is 2.53. The normalized spacial score (nSPS) is 24.7. The molecule has 0 spiro atoms. The van der Waals surface area contributed by atoms with Crippen LogP contribution in [-0.4, -0.2) is 55.4 Å². The third kappa shape index (κ3) is 6.13. The number of carbonyl (C=O) groups excluding carboxylic acids is 1. The standard InChI is InChI=1S/C17H35N3O2/c1-13(17(2,3)12-20(4)5)18-16(22)19-15-10-8-6-7-9-14(15)11-21/h13-15,21H,6-12H2,1-5H3,(H2,18,19,22). The SMILES string of the molecule is CC(NC(=O)NC1CCCCCC1CO)C(C)(C)CN(C)C. The summed E-state index contributed by atoms with van der Waals surface area (Å²) in [6.07, 6.45) is 5.44. The Hall–Kier alpha value is -0.810. The fraction of sp³-hybridized carbons (Fsp3) is 0.941. The number of aliphatic hydroxyl groups is 1. The highest BCUT2D eigenvalue weighted by molar-refractivity contribution is 5.74. The molecule has 1 fully saturated rings. The number of nitrogens with zero attached hydrogens (tertiary/aromatic N) is 1. The first-order chi connectivity index (χ1) is 10.3. The van der Waals surface area contributed by atoms with Gasteiger partial charge in [0.05, 0.1) is 0 Å². The molecule has 0 bridgehead atoms. The van der Waals surface area contributed by atoms with Crippen LogP contribution >= 0.6 is 0 Å². The Bertz CT molecular complexity index is 345. The van der Waals surface area contributed by atoms with E-state index in [0.717, 1.165) is 32.2 Å². The highest BCUT2D eigenvalue weighted by Crippen LogP contribution is 2.24. The quantitative estimate of drug-likeness (QED) is 0.659. The van der Waals surface area contributed by atoms with Crippen LogP contribution in [0.2, 0.25) is 0 Å². The van der Waals surface area contributed by atoms with Crippen LogP contribution in [0.4, 0.5) is 4.79 Å². The summed E-state index contributed by atoms with van der Waals surface area (Å²) < 4.78 is 0. The number of hydrogen-bond donors (Lipinski definition) is 3. The maximum Gasteiger partial charge on any atom is 0.315 e. The number of aliphatic hydroxyl groups excluding tert-OH is 1. The summed E-state index contributed by atoms with van der Waals surface area (Å²) in [6, 6.07) is 0.0644. The lowest BCUT2D eigenvalue weighted by Crippen LogP contribution is -2.53. The van der Waals surface area contributed by atoms with E-state index in [1.54, 1.807) is 0 Å². The molecule has 3 N–H and O–H groups in total. The first-order valence-corrected chi connectivity index (χ1v) is 8.59. The topological polar surface area (TPSA) is 64.6 Å². The van der Waals surface area contributed by atoms with Crippen LogP contribution in [-0.2, 0) is 0 Å². The number of carbonyl (C=O) groups is 1. The van der Waals surface area contributed by atoms with Gasteiger partial charge in [-0.25, -0.2) is 4.79 Å². The van der Waals surface area contributed by atoms with Crippen molar-refractivity contribution >= 4 is 6.03 Å². The van der Waals surface area contributed by atoms with Gasteiger partial charge in [-0.15, -0.1) is 0 Å². The van der Waals surface area contributed by atoms with Crippen molar-refractivity contribution in [3.8, 4) is 0 Å². The zero-order valence-electron chi connectivity index (χ0n) is 15.0. The molecule has 0 aliphatic heterocycles. The minimum Gasteiger partial charge on any atom is -0.396 e. The van der Waals surface area contributed by atoms with E-state index in [-0.39, 0.29) is 36.1 Å². The highest BCUT2D eigenvalue weighted by Gasteiger charge is 2.29. The van der Waals surface area contributed by atoms with Gasteiger partial charge in [-0.3, -0.25) is 0 Å². The van der Waals surface area contributed by atoms with E-state index in [2.05, 4.69) is 36.3 Å². The van der Waals surface area contributed by atoms with Gasteiger partial charge in [-0.1, -0.05) is 33.1 Å². The maximum atomic E-state index is 12.3. The molecule has 1 rings (SSSR count). The van der Waals surface area contributed by atoms with Crippen LogP contribution in [0, 0.1) is 11.3 Å². The third-order valence-electron chi connectivity index (χ3n) is 4.95. The first-order valence-electron chi connectivity index (χ1n) is 8.59. The Kier molecular flexibility index (Phi) is 7.63. The monoisotopic (exact) mass is 313 g/mol. The molecular weight excluding hydrogens is 278 g/mol. The van der Waals surface area contributed by atoms with Crippen LogP contribution in [0.25, 0.3) is 0 Å². The summed E-state index contributed by atoms with van der Waals surface area (Å²) in [5, 5.41) is 15.7.